The average Bonchev–Trinajstić information content (AvgIpc) is 3.41. The van der Waals surface area contributed by atoms with Crippen molar-refractivity contribution in [3.63, 3.8) is 0 Å². The van der Waals surface area contributed by atoms with Gasteiger partial charge < -0.3 is 15.0 Å². The van der Waals surface area contributed by atoms with E-state index in [2.05, 4.69) is 15.4 Å². The first kappa shape index (κ1) is 21.2. The summed E-state index contributed by atoms with van der Waals surface area (Å²) in [4.78, 5) is 26.6. The van der Waals surface area contributed by atoms with E-state index in [-0.39, 0.29) is 6.61 Å². The molecule has 0 bridgehead atoms. The van der Waals surface area contributed by atoms with E-state index in [1.165, 1.54) is 16.8 Å². The van der Waals surface area contributed by atoms with Gasteiger partial charge in [0.25, 0.3) is 0 Å². The molecule has 32 heavy (non-hydrogen) atoms. The number of H-pyrrole nitrogens is 1. The van der Waals surface area contributed by atoms with Crippen molar-refractivity contribution < 1.29 is 27.5 Å². The van der Waals surface area contributed by atoms with Crippen molar-refractivity contribution in [2.75, 3.05) is 11.9 Å². The van der Waals surface area contributed by atoms with Crippen LogP contribution in [0.4, 0.5) is 18.9 Å². The molecular weight excluding hydrogens is 425 g/mol. The van der Waals surface area contributed by atoms with Crippen LogP contribution in [0, 0.1) is 0 Å². The molecule has 0 saturated carbocycles. The summed E-state index contributed by atoms with van der Waals surface area (Å²) >= 11 is 0. The van der Waals surface area contributed by atoms with Crippen LogP contribution in [0.5, 0.6) is 0 Å². The van der Waals surface area contributed by atoms with E-state index in [0.29, 0.717) is 16.8 Å². The number of carbonyl (C=O) groups is 2. The number of anilines is 1. The maximum absolute atomic E-state index is 12.8. The molecule has 0 aliphatic carbocycles. The molecule has 0 atom stereocenters. The molecule has 1 amide bonds. The minimum atomic E-state index is -4.40. The number of hydrogen-bond donors (Lipinski definition) is 2. The summed E-state index contributed by atoms with van der Waals surface area (Å²) in [5, 5.41) is 7.42. The highest BCUT2D eigenvalue weighted by Crippen LogP contribution is 2.31. The Balaban J connectivity index is 1.60. The van der Waals surface area contributed by atoms with E-state index in [9.17, 15) is 22.8 Å². The number of aromatic amines is 1. The van der Waals surface area contributed by atoms with Crippen LogP contribution in [0.1, 0.15) is 12.5 Å². The van der Waals surface area contributed by atoms with Crippen LogP contribution >= 0.6 is 0 Å². The summed E-state index contributed by atoms with van der Waals surface area (Å²) in [5.41, 5.74) is 2.38. The molecule has 0 fully saturated rings. The fraction of sp³-hybridized carbons (Fsp3) is 0.136. The van der Waals surface area contributed by atoms with Gasteiger partial charge in [0.1, 0.15) is 0 Å². The van der Waals surface area contributed by atoms with Gasteiger partial charge in [0.05, 0.1) is 29.7 Å². The third-order valence-corrected chi connectivity index (χ3v) is 4.77. The van der Waals surface area contributed by atoms with E-state index in [0.717, 1.165) is 28.8 Å². The number of halogens is 3. The summed E-state index contributed by atoms with van der Waals surface area (Å²) in [6.07, 6.45) is 0.438. The number of amides is 1. The first-order valence-corrected chi connectivity index (χ1v) is 9.58. The minimum Gasteiger partial charge on any atom is -0.459 e. The predicted octanol–water partition coefficient (Wildman–Crippen LogP) is 4.54. The molecule has 2 aromatic carbocycles. The normalized spacial score (nSPS) is 11.5. The lowest BCUT2D eigenvalue weighted by atomic mass is 10.1. The number of nitrogens with one attached hydrogen (secondary N) is 2. The third kappa shape index (κ3) is 4.20. The average molecular weight is 442 g/mol. The smallest absolute Gasteiger partial charge is 0.416 e. The summed E-state index contributed by atoms with van der Waals surface area (Å²) < 4.78 is 44.5. The van der Waals surface area contributed by atoms with Gasteiger partial charge in [0.2, 0.25) is 0 Å². The second-order valence-electron chi connectivity index (χ2n) is 6.86. The molecule has 0 aliphatic rings. The van der Waals surface area contributed by atoms with Gasteiger partial charge >= 0.3 is 18.1 Å². The quantitative estimate of drug-likeness (QED) is 0.359. The molecule has 4 aromatic rings. The lowest BCUT2D eigenvalue weighted by Gasteiger charge is -2.07. The molecule has 2 heterocycles. The lowest BCUT2D eigenvalue weighted by molar-refractivity contribution is -0.152. The third-order valence-electron chi connectivity index (χ3n) is 4.77. The fourth-order valence-corrected chi connectivity index (χ4v) is 3.19. The van der Waals surface area contributed by atoms with Crippen LogP contribution in [0.2, 0.25) is 0 Å². The molecule has 0 spiro atoms. The van der Waals surface area contributed by atoms with Gasteiger partial charge in [0.15, 0.2) is 0 Å². The molecule has 164 valence electrons. The maximum Gasteiger partial charge on any atom is 0.416 e. The van der Waals surface area contributed by atoms with E-state index >= 15 is 0 Å². The zero-order valence-corrected chi connectivity index (χ0v) is 16.7. The molecule has 2 aromatic heterocycles. The Bertz CT molecular complexity index is 1290. The highest BCUT2D eigenvalue weighted by molar-refractivity contribution is 6.38. The summed E-state index contributed by atoms with van der Waals surface area (Å²) in [5.74, 6) is -1.86. The molecule has 0 saturated heterocycles. The molecule has 0 unspecified atom stereocenters. The van der Waals surface area contributed by atoms with E-state index in [4.69, 9.17) is 4.74 Å². The van der Waals surface area contributed by atoms with Gasteiger partial charge in [-0.25, -0.2) is 9.48 Å². The van der Waals surface area contributed by atoms with Gasteiger partial charge in [-0.2, -0.15) is 18.3 Å². The number of esters is 1. The molecular formula is C22H17F3N4O3. The van der Waals surface area contributed by atoms with Gasteiger partial charge in [-0.15, -0.1) is 0 Å². The van der Waals surface area contributed by atoms with Crippen LogP contribution in [0.15, 0.2) is 61.1 Å². The highest BCUT2D eigenvalue weighted by Gasteiger charge is 2.30. The molecule has 0 aliphatic heterocycles. The Labute approximate surface area is 179 Å². The standard InChI is InChI=1S/C22H17F3N4O3/c1-2-32-21(31)20(30)28-19-11-26-18-8-3-13(9-17(18)19)14-10-27-29(12-14)16-6-4-15(5-7-16)22(23,24)25/h3-12,26H,2H2,1H3,(H,28,30). The number of nitrogens with zero attached hydrogens (tertiary/aromatic N) is 2. The second-order valence-corrected chi connectivity index (χ2v) is 6.86. The number of aromatic nitrogens is 3. The highest BCUT2D eigenvalue weighted by atomic mass is 19.4. The summed E-state index contributed by atoms with van der Waals surface area (Å²) in [6, 6.07) is 10.1. The van der Waals surface area contributed by atoms with Crippen molar-refractivity contribution in [3.8, 4) is 16.8 Å². The van der Waals surface area contributed by atoms with E-state index in [1.54, 1.807) is 37.6 Å². The van der Waals surface area contributed by atoms with Crippen molar-refractivity contribution in [1.29, 1.82) is 0 Å². The number of ether oxygens (including phenoxy) is 1. The predicted molar refractivity (Wildman–Crippen MR) is 111 cm³/mol. The summed E-state index contributed by atoms with van der Waals surface area (Å²) in [6.45, 7) is 1.70. The molecule has 7 nitrogen and oxygen atoms in total. The topological polar surface area (TPSA) is 89.0 Å². The van der Waals surface area contributed by atoms with Gasteiger partial charge in [-0.1, -0.05) is 6.07 Å². The number of hydrogen-bond acceptors (Lipinski definition) is 4. The van der Waals surface area contributed by atoms with Gasteiger partial charge in [0, 0.05) is 28.9 Å². The Hall–Kier alpha value is -4.08. The van der Waals surface area contributed by atoms with E-state index in [1.807, 2.05) is 6.07 Å². The van der Waals surface area contributed by atoms with Crippen LogP contribution < -0.4 is 5.32 Å². The SMILES string of the molecule is CCOC(=O)C(=O)Nc1c[nH]c2ccc(-c3cnn(-c4ccc(C(F)(F)F)cc4)c3)cc12. The summed E-state index contributed by atoms with van der Waals surface area (Å²) in [7, 11) is 0. The van der Waals surface area contributed by atoms with Crippen LogP contribution in [-0.4, -0.2) is 33.2 Å². The minimum absolute atomic E-state index is 0.0905. The van der Waals surface area contributed by atoms with Gasteiger partial charge in [-0.05, 0) is 48.9 Å². The first-order valence-electron chi connectivity index (χ1n) is 9.58. The number of benzene rings is 2. The maximum atomic E-state index is 12.8. The molecule has 10 heteroatoms. The Kier molecular flexibility index (Phi) is 5.43. The van der Waals surface area contributed by atoms with Crippen molar-refractivity contribution in [3.05, 3.63) is 66.6 Å². The number of alkyl halides is 3. The van der Waals surface area contributed by atoms with Gasteiger partial charge in [-0.3, -0.25) is 4.79 Å². The van der Waals surface area contributed by atoms with Crippen molar-refractivity contribution in [2.24, 2.45) is 0 Å². The van der Waals surface area contributed by atoms with Crippen LogP contribution in [0.3, 0.4) is 0 Å². The largest absolute Gasteiger partial charge is 0.459 e. The Morgan fingerprint density at radius 1 is 1.12 bits per heavy atom. The van der Waals surface area contributed by atoms with Crippen molar-refractivity contribution >= 4 is 28.5 Å². The zero-order chi connectivity index (χ0) is 22.9. The molecule has 2 N–H and O–H groups in total. The van der Waals surface area contributed by atoms with Crippen LogP contribution in [-0.2, 0) is 20.5 Å². The zero-order valence-electron chi connectivity index (χ0n) is 16.7. The monoisotopic (exact) mass is 442 g/mol. The number of carbonyl (C=O) groups excluding carboxylic acids is 2. The fourth-order valence-electron chi connectivity index (χ4n) is 3.19. The number of fused-ring (bicyclic) bond motifs is 1. The molecule has 4 rings (SSSR count). The second kappa shape index (κ2) is 8.22. The Morgan fingerprint density at radius 3 is 2.56 bits per heavy atom. The number of rotatable bonds is 4. The van der Waals surface area contributed by atoms with Crippen LogP contribution in [0.25, 0.3) is 27.7 Å². The van der Waals surface area contributed by atoms with E-state index < -0.39 is 23.6 Å². The van der Waals surface area contributed by atoms with Crippen molar-refractivity contribution in [1.82, 2.24) is 14.8 Å². The molecule has 0 radical (unpaired) electrons. The lowest BCUT2D eigenvalue weighted by Crippen LogP contribution is -2.24. The van der Waals surface area contributed by atoms with Crippen molar-refractivity contribution in [2.45, 2.75) is 13.1 Å². The Morgan fingerprint density at radius 2 is 1.88 bits per heavy atom. The first-order chi connectivity index (χ1) is 15.3.